The van der Waals surface area contributed by atoms with Crippen LogP contribution >= 0.6 is 0 Å². The van der Waals surface area contributed by atoms with Crippen LogP contribution in [0.1, 0.15) is 70.0 Å². The molecule has 1 N–H and O–H groups in total. The first-order chi connectivity index (χ1) is 11.9. The zero-order chi connectivity index (χ0) is 16.4. The van der Waals surface area contributed by atoms with Crippen LogP contribution in [0.5, 0.6) is 5.75 Å². The molecule has 1 saturated heterocycles. The Morgan fingerprint density at radius 2 is 2.04 bits per heavy atom. The van der Waals surface area contributed by atoms with E-state index in [0.29, 0.717) is 12.0 Å². The SMILES string of the molecule is CCCCOc1ccc2c(c1)[C@H]1OCC[C@H]1[C@H](C1CCCCC1)N2. The van der Waals surface area contributed by atoms with Crippen molar-refractivity contribution in [2.75, 3.05) is 18.5 Å². The van der Waals surface area contributed by atoms with Crippen molar-refractivity contribution < 1.29 is 9.47 Å². The second kappa shape index (κ2) is 7.35. The summed E-state index contributed by atoms with van der Waals surface area (Å²) in [4.78, 5) is 0. The van der Waals surface area contributed by atoms with E-state index in [0.717, 1.165) is 31.3 Å². The highest BCUT2D eigenvalue weighted by Crippen LogP contribution is 2.49. The number of nitrogens with one attached hydrogen (secondary N) is 1. The first kappa shape index (κ1) is 16.3. The fraction of sp³-hybridized carbons (Fsp3) is 0.714. The zero-order valence-electron chi connectivity index (χ0n) is 14.9. The van der Waals surface area contributed by atoms with Gasteiger partial charge in [0.2, 0.25) is 0 Å². The van der Waals surface area contributed by atoms with Gasteiger partial charge in [0.25, 0.3) is 0 Å². The lowest BCUT2D eigenvalue weighted by atomic mass is 9.73. The van der Waals surface area contributed by atoms with E-state index in [1.54, 1.807) is 0 Å². The topological polar surface area (TPSA) is 30.5 Å². The van der Waals surface area contributed by atoms with Crippen molar-refractivity contribution in [1.82, 2.24) is 0 Å². The molecule has 24 heavy (non-hydrogen) atoms. The van der Waals surface area contributed by atoms with Crippen molar-refractivity contribution in [2.24, 2.45) is 11.8 Å². The highest BCUT2D eigenvalue weighted by atomic mass is 16.5. The molecular weight excluding hydrogens is 298 g/mol. The molecule has 3 atom stereocenters. The summed E-state index contributed by atoms with van der Waals surface area (Å²) in [5.74, 6) is 2.45. The highest BCUT2D eigenvalue weighted by Gasteiger charge is 2.43. The number of fused-ring (bicyclic) bond motifs is 3. The molecule has 1 aromatic carbocycles. The summed E-state index contributed by atoms with van der Waals surface area (Å²) in [6.45, 7) is 3.91. The second-order valence-electron chi connectivity index (χ2n) is 7.76. The van der Waals surface area contributed by atoms with E-state index in [1.807, 2.05) is 0 Å². The first-order valence-corrected chi connectivity index (χ1v) is 10.0. The molecule has 132 valence electrons. The summed E-state index contributed by atoms with van der Waals surface area (Å²) in [5, 5.41) is 3.90. The van der Waals surface area contributed by atoms with Gasteiger partial charge in [-0.15, -0.1) is 0 Å². The third-order valence-corrected chi connectivity index (χ3v) is 6.17. The Kier molecular flexibility index (Phi) is 4.98. The number of benzene rings is 1. The van der Waals surface area contributed by atoms with Gasteiger partial charge in [-0.05, 0) is 49.8 Å². The molecule has 1 aliphatic carbocycles. The van der Waals surface area contributed by atoms with Crippen molar-refractivity contribution in [3.63, 3.8) is 0 Å². The quantitative estimate of drug-likeness (QED) is 0.742. The Morgan fingerprint density at radius 3 is 2.88 bits per heavy atom. The summed E-state index contributed by atoms with van der Waals surface area (Å²) in [6.07, 6.45) is 10.7. The predicted molar refractivity (Wildman–Crippen MR) is 97.6 cm³/mol. The van der Waals surface area contributed by atoms with Crippen LogP contribution in [0.3, 0.4) is 0 Å². The third kappa shape index (κ3) is 3.15. The minimum Gasteiger partial charge on any atom is -0.494 e. The monoisotopic (exact) mass is 329 g/mol. The first-order valence-electron chi connectivity index (χ1n) is 10.0. The Bertz CT molecular complexity index is 553. The van der Waals surface area contributed by atoms with Crippen LogP contribution in [0.4, 0.5) is 5.69 Å². The van der Waals surface area contributed by atoms with Crippen molar-refractivity contribution in [2.45, 2.75) is 70.4 Å². The van der Waals surface area contributed by atoms with E-state index in [4.69, 9.17) is 9.47 Å². The standard InChI is InChI=1S/C21H31NO2/c1-2-3-12-23-16-9-10-19-18(14-16)21-17(11-13-24-21)20(22-19)15-7-5-4-6-8-15/h9-10,14-15,17,20-22H,2-8,11-13H2,1H3/t17-,20-,21-/m0/s1. The lowest BCUT2D eigenvalue weighted by Gasteiger charge is -2.42. The number of ether oxygens (including phenoxy) is 2. The Balaban J connectivity index is 1.55. The largest absolute Gasteiger partial charge is 0.494 e. The van der Waals surface area contributed by atoms with Gasteiger partial charge in [-0.25, -0.2) is 0 Å². The van der Waals surface area contributed by atoms with Crippen LogP contribution in [0.2, 0.25) is 0 Å². The molecule has 0 amide bonds. The molecule has 0 bridgehead atoms. The van der Waals surface area contributed by atoms with Crippen molar-refractivity contribution in [3.8, 4) is 5.75 Å². The average Bonchev–Trinajstić information content (AvgIpc) is 3.12. The fourth-order valence-electron chi connectivity index (χ4n) is 4.87. The maximum atomic E-state index is 6.19. The average molecular weight is 329 g/mol. The molecule has 2 fully saturated rings. The molecule has 3 aliphatic rings. The Hall–Kier alpha value is -1.22. The molecule has 3 nitrogen and oxygen atoms in total. The van der Waals surface area contributed by atoms with Crippen molar-refractivity contribution >= 4 is 5.69 Å². The van der Waals surface area contributed by atoms with Crippen LogP contribution in [0.25, 0.3) is 0 Å². The van der Waals surface area contributed by atoms with E-state index < -0.39 is 0 Å². The smallest absolute Gasteiger partial charge is 0.119 e. The third-order valence-electron chi connectivity index (χ3n) is 6.17. The van der Waals surface area contributed by atoms with Crippen LogP contribution < -0.4 is 10.1 Å². The molecule has 2 aliphatic heterocycles. The minimum atomic E-state index is 0.267. The molecule has 0 radical (unpaired) electrons. The summed E-state index contributed by atoms with van der Waals surface area (Å²) in [5.41, 5.74) is 2.59. The van der Waals surface area contributed by atoms with Gasteiger partial charge in [-0.2, -0.15) is 0 Å². The molecule has 1 saturated carbocycles. The lowest BCUT2D eigenvalue weighted by molar-refractivity contribution is 0.0729. The fourth-order valence-corrected chi connectivity index (χ4v) is 4.87. The van der Waals surface area contributed by atoms with Crippen LogP contribution in [0.15, 0.2) is 18.2 Å². The van der Waals surface area contributed by atoms with E-state index in [-0.39, 0.29) is 6.10 Å². The van der Waals surface area contributed by atoms with E-state index >= 15 is 0 Å². The molecular formula is C21H31NO2. The molecule has 1 aromatic rings. The second-order valence-corrected chi connectivity index (χ2v) is 7.76. The van der Waals surface area contributed by atoms with Gasteiger partial charge in [-0.1, -0.05) is 32.6 Å². The molecule has 3 heteroatoms. The van der Waals surface area contributed by atoms with E-state index in [9.17, 15) is 0 Å². The number of anilines is 1. The van der Waals surface area contributed by atoms with Gasteiger partial charge in [0.1, 0.15) is 5.75 Å². The summed E-state index contributed by atoms with van der Waals surface area (Å²) < 4.78 is 12.1. The zero-order valence-corrected chi connectivity index (χ0v) is 14.9. The van der Waals surface area contributed by atoms with Gasteiger partial charge in [0.15, 0.2) is 0 Å². The predicted octanol–water partition coefficient (Wildman–Crippen LogP) is 5.32. The maximum Gasteiger partial charge on any atom is 0.119 e. The number of hydrogen-bond acceptors (Lipinski definition) is 3. The van der Waals surface area contributed by atoms with Gasteiger partial charge in [0.05, 0.1) is 12.7 Å². The summed E-state index contributed by atoms with van der Waals surface area (Å²) >= 11 is 0. The van der Waals surface area contributed by atoms with Crippen LogP contribution in [-0.2, 0) is 4.74 Å². The van der Waals surface area contributed by atoms with Gasteiger partial charge < -0.3 is 14.8 Å². The molecule has 4 rings (SSSR count). The van der Waals surface area contributed by atoms with Crippen molar-refractivity contribution in [1.29, 1.82) is 0 Å². The number of hydrogen-bond donors (Lipinski definition) is 1. The number of rotatable bonds is 5. The van der Waals surface area contributed by atoms with E-state index in [2.05, 4.69) is 30.4 Å². The normalized spacial score (nSPS) is 29.6. The summed E-state index contributed by atoms with van der Waals surface area (Å²) in [7, 11) is 0. The lowest BCUT2D eigenvalue weighted by Crippen LogP contribution is -2.42. The Labute approximate surface area is 146 Å². The maximum absolute atomic E-state index is 6.19. The van der Waals surface area contributed by atoms with Crippen LogP contribution in [0, 0.1) is 11.8 Å². The molecule has 2 heterocycles. The van der Waals surface area contributed by atoms with E-state index in [1.165, 1.54) is 56.2 Å². The highest BCUT2D eigenvalue weighted by molar-refractivity contribution is 5.58. The van der Waals surface area contributed by atoms with Gasteiger partial charge >= 0.3 is 0 Å². The summed E-state index contributed by atoms with van der Waals surface area (Å²) in [6, 6.07) is 7.15. The minimum absolute atomic E-state index is 0.267. The van der Waals surface area contributed by atoms with Gasteiger partial charge in [0, 0.05) is 29.8 Å². The van der Waals surface area contributed by atoms with Crippen molar-refractivity contribution in [3.05, 3.63) is 23.8 Å². The molecule has 0 unspecified atom stereocenters. The molecule has 0 spiro atoms. The number of unbranched alkanes of at least 4 members (excludes halogenated alkanes) is 1. The van der Waals surface area contributed by atoms with Crippen LogP contribution in [-0.4, -0.2) is 19.3 Å². The van der Waals surface area contributed by atoms with Gasteiger partial charge in [-0.3, -0.25) is 0 Å². The molecule has 0 aromatic heterocycles. The Morgan fingerprint density at radius 1 is 1.17 bits per heavy atom.